The van der Waals surface area contributed by atoms with E-state index in [1.807, 2.05) is 0 Å². The molecule has 2 aliphatic heterocycles. The van der Waals surface area contributed by atoms with Gasteiger partial charge in [-0.3, -0.25) is 22.7 Å². The summed E-state index contributed by atoms with van der Waals surface area (Å²) in [5.41, 5.74) is 12.8. The number of alkyl halides is 2. The van der Waals surface area contributed by atoms with Gasteiger partial charge in [0, 0.05) is 5.92 Å². The lowest BCUT2D eigenvalue weighted by atomic mass is 9.98. The molecule has 9 atom stereocenters. The van der Waals surface area contributed by atoms with E-state index in [-0.39, 0.29) is 22.8 Å². The molecule has 0 aliphatic carbocycles. The van der Waals surface area contributed by atoms with Crippen LogP contribution in [0, 0.1) is 5.92 Å². The van der Waals surface area contributed by atoms with Crippen molar-refractivity contribution in [3.8, 4) is 0 Å². The highest BCUT2D eigenvalue weighted by molar-refractivity contribution is 8.44. The lowest BCUT2D eigenvalue weighted by Crippen LogP contribution is -2.33. The SMILES string of the molecule is Nc1ncnc2c1ncn2[C@@H]1O[C@H](COP=O)[C@@H](O[P@](=O)(S)OC[C@H]2O[C@@H](n3cnc4c(N)ncnc43)[C@H](CCS)[C@@H]2F)[C@H]1F. The van der Waals surface area contributed by atoms with Crippen molar-refractivity contribution < 1.29 is 41.0 Å². The van der Waals surface area contributed by atoms with Gasteiger partial charge in [0.05, 0.1) is 25.9 Å². The Kier molecular flexibility index (Phi) is 9.52. The molecule has 4 aromatic heterocycles. The monoisotopic (exact) mass is 706 g/mol. The number of nitrogens with two attached hydrogens (primary N) is 2. The van der Waals surface area contributed by atoms with Crippen LogP contribution >= 0.6 is 40.4 Å². The standard InChI is InChI=1S/C22H26F2N10O7P2S2/c23-12-9(1-2-44)21(33-7-31-14-17(25)27-5-29-19(14)33)39-10(12)4-38-43(36,45)41-16-11(3-37-42-35)40-22(13(16)24)34-8-32-15-18(26)28-6-30-20(15)34/h5-13,16,21-22,44H,1-4H2,(H,36,45)(H2,25,27,29)(H2,26,28,30)/t9-,10-,11-,12+,13-,16-,21-,22-,43-/m1/s1. The largest absolute Gasteiger partial charge is 0.386 e. The molecular formula is C22H26F2N10O7P2S2. The van der Waals surface area contributed by atoms with Crippen LogP contribution < -0.4 is 11.5 Å². The zero-order valence-electron chi connectivity index (χ0n) is 22.9. The third kappa shape index (κ3) is 6.25. The Morgan fingerprint density at radius 2 is 1.51 bits per heavy atom. The van der Waals surface area contributed by atoms with Gasteiger partial charge in [-0.2, -0.15) is 12.6 Å². The molecule has 0 unspecified atom stereocenters. The Balaban J connectivity index is 1.17. The first-order valence-electron chi connectivity index (χ1n) is 13.3. The molecule has 23 heteroatoms. The quantitative estimate of drug-likeness (QED) is 0.123. The number of nitrogens with zero attached hydrogens (tertiary/aromatic N) is 8. The lowest BCUT2D eigenvalue weighted by molar-refractivity contribution is -0.0429. The Morgan fingerprint density at radius 1 is 0.911 bits per heavy atom. The lowest BCUT2D eigenvalue weighted by Gasteiger charge is -2.23. The van der Waals surface area contributed by atoms with Crippen molar-refractivity contribution >= 4 is 74.3 Å². The third-order valence-electron chi connectivity index (χ3n) is 7.44. The number of ether oxygens (including phenoxy) is 2. The number of halogens is 2. The van der Waals surface area contributed by atoms with E-state index in [2.05, 4.69) is 54.8 Å². The maximum absolute atomic E-state index is 15.9. The van der Waals surface area contributed by atoms with Crippen molar-refractivity contribution in [3.05, 3.63) is 25.3 Å². The number of thiol groups is 2. The van der Waals surface area contributed by atoms with Crippen molar-refractivity contribution in [3.63, 3.8) is 0 Å². The maximum Gasteiger partial charge on any atom is 0.386 e. The first kappa shape index (κ1) is 32.3. The minimum atomic E-state index is -4.40. The minimum Gasteiger partial charge on any atom is -0.382 e. The number of nitrogen functional groups attached to an aromatic ring is 2. The van der Waals surface area contributed by atoms with Crippen LogP contribution in [0.5, 0.6) is 0 Å². The first-order chi connectivity index (χ1) is 21.6. The van der Waals surface area contributed by atoms with Gasteiger partial charge in [0.1, 0.15) is 54.4 Å². The van der Waals surface area contributed by atoms with Gasteiger partial charge in [-0.15, -0.1) is 0 Å². The van der Waals surface area contributed by atoms with Crippen molar-refractivity contribution in [2.45, 2.75) is 49.5 Å². The molecule has 242 valence electrons. The number of hydrogen-bond donors (Lipinski definition) is 4. The molecule has 0 spiro atoms. The number of fused-ring (bicyclic) bond motifs is 2. The summed E-state index contributed by atoms with van der Waals surface area (Å²) < 4.78 is 86.4. The van der Waals surface area contributed by atoms with E-state index in [9.17, 15) is 9.13 Å². The fraction of sp³-hybridized carbons (Fsp3) is 0.545. The van der Waals surface area contributed by atoms with E-state index in [0.717, 1.165) is 0 Å². The molecule has 4 N–H and O–H groups in total. The van der Waals surface area contributed by atoms with Gasteiger partial charge in [0.2, 0.25) is 0 Å². The number of rotatable bonds is 12. The van der Waals surface area contributed by atoms with E-state index in [1.54, 1.807) is 0 Å². The van der Waals surface area contributed by atoms with Crippen molar-refractivity contribution in [1.29, 1.82) is 0 Å². The molecule has 6 rings (SSSR count). The molecule has 0 saturated carbocycles. The number of aromatic nitrogens is 8. The molecule has 6 heterocycles. The number of hydrogen-bond acceptors (Lipinski definition) is 16. The van der Waals surface area contributed by atoms with Crippen LogP contribution in [0.4, 0.5) is 20.4 Å². The molecule has 0 aromatic carbocycles. The molecular weight excluding hydrogens is 680 g/mol. The summed E-state index contributed by atoms with van der Waals surface area (Å²) in [6.07, 6.45) is -4.50. The highest BCUT2D eigenvalue weighted by Gasteiger charge is 2.51. The number of imidazole rings is 2. The highest BCUT2D eigenvalue weighted by Crippen LogP contribution is 2.57. The average molecular weight is 707 g/mol. The fourth-order valence-electron chi connectivity index (χ4n) is 5.39. The zero-order chi connectivity index (χ0) is 31.9. The molecule has 17 nitrogen and oxygen atoms in total. The summed E-state index contributed by atoms with van der Waals surface area (Å²) in [4.78, 5) is 24.4. The van der Waals surface area contributed by atoms with Gasteiger partial charge >= 0.3 is 15.5 Å². The van der Waals surface area contributed by atoms with Crippen LogP contribution in [0.15, 0.2) is 25.3 Å². The van der Waals surface area contributed by atoms with E-state index in [4.69, 9.17) is 34.5 Å². The topological polar surface area (TPSA) is 220 Å². The normalized spacial score (nSPS) is 30.0. The second-order valence-corrected chi connectivity index (χ2v) is 13.8. The van der Waals surface area contributed by atoms with Crippen molar-refractivity contribution in [2.75, 3.05) is 30.4 Å². The van der Waals surface area contributed by atoms with Crippen LogP contribution in [0.1, 0.15) is 18.9 Å². The van der Waals surface area contributed by atoms with Gasteiger partial charge in [0.15, 0.2) is 35.3 Å². The summed E-state index contributed by atoms with van der Waals surface area (Å²) >= 11 is 8.27. The summed E-state index contributed by atoms with van der Waals surface area (Å²) in [5, 5.41) is 0. The average Bonchev–Trinajstić information content (AvgIpc) is 3.77. The van der Waals surface area contributed by atoms with Crippen molar-refractivity contribution in [2.24, 2.45) is 5.92 Å². The zero-order valence-corrected chi connectivity index (χ0v) is 26.5. The molecule has 0 bridgehead atoms. The van der Waals surface area contributed by atoms with E-state index < -0.39 is 77.7 Å². The second kappa shape index (κ2) is 13.2. The second-order valence-electron chi connectivity index (χ2n) is 10.1. The predicted octanol–water partition coefficient (Wildman–Crippen LogP) is 2.90. The Labute approximate surface area is 265 Å². The van der Waals surface area contributed by atoms with Crippen LogP contribution in [0.3, 0.4) is 0 Å². The minimum absolute atomic E-state index is 0.0658. The summed E-state index contributed by atoms with van der Waals surface area (Å²) in [5.74, 6) is -0.154. The van der Waals surface area contributed by atoms with Gasteiger partial charge in [-0.05, 0) is 12.2 Å². The van der Waals surface area contributed by atoms with Crippen LogP contribution in [0.25, 0.3) is 22.3 Å². The van der Waals surface area contributed by atoms with Crippen LogP contribution in [0.2, 0.25) is 0 Å². The summed E-state index contributed by atoms with van der Waals surface area (Å²) in [6, 6.07) is 0. The Bertz CT molecular complexity index is 1740. The maximum atomic E-state index is 15.9. The third-order valence-corrected chi connectivity index (χ3v) is 9.57. The number of anilines is 2. The fourth-order valence-corrected chi connectivity index (χ4v) is 7.38. The molecule has 2 fully saturated rings. The summed E-state index contributed by atoms with van der Waals surface area (Å²) in [7, 11) is -0.706. The molecule has 2 aliphatic rings. The van der Waals surface area contributed by atoms with Gasteiger partial charge < -0.3 is 20.9 Å². The Hall–Kier alpha value is -2.61. The predicted molar refractivity (Wildman–Crippen MR) is 160 cm³/mol. The van der Waals surface area contributed by atoms with E-state index >= 15 is 8.78 Å². The Morgan fingerprint density at radius 3 is 2.11 bits per heavy atom. The molecule has 45 heavy (non-hydrogen) atoms. The summed E-state index contributed by atoms with van der Waals surface area (Å²) in [6.45, 7) is -5.38. The molecule has 0 amide bonds. The van der Waals surface area contributed by atoms with Gasteiger partial charge in [0.25, 0.3) is 0 Å². The van der Waals surface area contributed by atoms with Gasteiger partial charge in [-0.1, -0.05) is 12.2 Å². The first-order valence-corrected chi connectivity index (χ1v) is 17.4. The van der Waals surface area contributed by atoms with Crippen molar-refractivity contribution in [1.82, 2.24) is 39.0 Å². The van der Waals surface area contributed by atoms with E-state index in [1.165, 1.54) is 34.4 Å². The van der Waals surface area contributed by atoms with E-state index in [0.29, 0.717) is 23.3 Å². The van der Waals surface area contributed by atoms with Crippen LogP contribution in [-0.2, 0) is 32.2 Å². The molecule has 4 aromatic rings. The van der Waals surface area contributed by atoms with Crippen LogP contribution in [-0.4, -0.2) is 88.7 Å². The molecule has 2 saturated heterocycles. The highest BCUT2D eigenvalue weighted by atomic mass is 32.7. The van der Waals surface area contributed by atoms with Gasteiger partial charge in [-0.25, -0.2) is 47.8 Å². The smallest absolute Gasteiger partial charge is 0.382 e. The molecule has 0 radical (unpaired) electrons.